The fraction of sp³-hybridized carbons (Fsp3) is 0.235. The maximum absolute atomic E-state index is 12.0. The number of pyridine rings is 1. The Hall–Kier alpha value is -3.09. The Labute approximate surface area is 138 Å². The molecule has 0 aliphatic carbocycles. The molecule has 0 saturated carbocycles. The number of nitrogens with zero attached hydrogens (tertiary/aromatic N) is 2. The van der Waals surface area contributed by atoms with Crippen LogP contribution in [0.2, 0.25) is 0 Å². The van der Waals surface area contributed by atoms with Gasteiger partial charge in [-0.2, -0.15) is 0 Å². The standard InChI is InChI=1S/C17H18N4O3/c1-12(13-5-4-8-18-11-13)20-16(22)19-9-10-21-14-6-2-3-7-15(14)24-17(21)23/h2-8,11-12H,9-10H2,1H3,(H2,19,20,22). The zero-order valence-corrected chi connectivity index (χ0v) is 13.2. The minimum Gasteiger partial charge on any atom is -0.408 e. The number of benzene rings is 1. The highest BCUT2D eigenvalue weighted by molar-refractivity contribution is 5.74. The van der Waals surface area contributed by atoms with E-state index in [-0.39, 0.29) is 12.1 Å². The van der Waals surface area contributed by atoms with Gasteiger partial charge < -0.3 is 15.1 Å². The molecule has 0 bridgehead atoms. The number of hydrogen-bond donors (Lipinski definition) is 2. The first-order valence-electron chi connectivity index (χ1n) is 7.68. The van der Waals surface area contributed by atoms with Gasteiger partial charge in [-0.3, -0.25) is 9.55 Å². The second-order valence-corrected chi connectivity index (χ2v) is 5.40. The van der Waals surface area contributed by atoms with Gasteiger partial charge in [-0.25, -0.2) is 9.59 Å². The van der Waals surface area contributed by atoms with Crippen LogP contribution < -0.4 is 16.4 Å². The number of urea groups is 1. The van der Waals surface area contributed by atoms with Gasteiger partial charge in [-0.05, 0) is 30.7 Å². The van der Waals surface area contributed by atoms with Gasteiger partial charge in [0.25, 0.3) is 0 Å². The van der Waals surface area contributed by atoms with Crippen molar-refractivity contribution in [1.82, 2.24) is 20.2 Å². The van der Waals surface area contributed by atoms with Crippen molar-refractivity contribution in [3.05, 3.63) is 64.9 Å². The van der Waals surface area contributed by atoms with E-state index in [1.165, 1.54) is 4.57 Å². The first-order chi connectivity index (χ1) is 11.6. The highest BCUT2D eigenvalue weighted by Gasteiger charge is 2.11. The summed E-state index contributed by atoms with van der Waals surface area (Å²) in [7, 11) is 0. The van der Waals surface area contributed by atoms with E-state index < -0.39 is 5.76 Å². The van der Waals surface area contributed by atoms with E-state index in [9.17, 15) is 9.59 Å². The molecule has 1 aromatic carbocycles. The van der Waals surface area contributed by atoms with Gasteiger partial charge in [0.15, 0.2) is 5.58 Å². The third kappa shape index (κ3) is 3.45. The van der Waals surface area contributed by atoms with Gasteiger partial charge in [0, 0.05) is 25.5 Å². The molecule has 2 N–H and O–H groups in total. The molecule has 0 spiro atoms. The van der Waals surface area contributed by atoms with Crippen LogP contribution >= 0.6 is 0 Å². The second kappa shape index (κ2) is 6.99. The molecular weight excluding hydrogens is 308 g/mol. The average molecular weight is 326 g/mol. The Kier molecular flexibility index (Phi) is 4.60. The largest absolute Gasteiger partial charge is 0.420 e. The Morgan fingerprint density at radius 2 is 2.12 bits per heavy atom. The van der Waals surface area contributed by atoms with Crippen LogP contribution in [0.4, 0.5) is 4.79 Å². The van der Waals surface area contributed by atoms with E-state index in [1.807, 2.05) is 31.2 Å². The molecule has 2 amide bonds. The number of carbonyl (C=O) groups excluding carboxylic acids is 1. The highest BCUT2D eigenvalue weighted by Crippen LogP contribution is 2.11. The molecule has 0 saturated heterocycles. The van der Waals surface area contributed by atoms with Crippen molar-refractivity contribution in [1.29, 1.82) is 0 Å². The lowest BCUT2D eigenvalue weighted by atomic mass is 10.1. The minimum atomic E-state index is -0.429. The number of carbonyl (C=O) groups is 1. The van der Waals surface area contributed by atoms with Crippen molar-refractivity contribution in [3.63, 3.8) is 0 Å². The van der Waals surface area contributed by atoms with Crippen molar-refractivity contribution >= 4 is 17.1 Å². The lowest BCUT2D eigenvalue weighted by Gasteiger charge is -2.14. The summed E-state index contributed by atoms with van der Waals surface area (Å²) < 4.78 is 6.65. The van der Waals surface area contributed by atoms with Gasteiger partial charge in [0.2, 0.25) is 0 Å². The molecule has 0 aliphatic heterocycles. The van der Waals surface area contributed by atoms with Crippen LogP contribution in [0, 0.1) is 0 Å². The molecule has 1 unspecified atom stereocenters. The molecule has 2 heterocycles. The maximum atomic E-state index is 12.0. The lowest BCUT2D eigenvalue weighted by Crippen LogP contribution is -2.39. The fourth-order valence-corrected chi connectivity index (χ4v) is 2.47. The van der Waals surface area contributed by atoms with Gasteiger partial charge in [-0.1, -0.05) is 18.2 Å². The number of hydrogen-bond acceptors (Lipinski definition) is 4. The summed E-state index contributed by atoms with van der Waals surface area (Å²) in [5.41, 5.74) is 2.18. The number of amides is 2. The molecule has 7 heteroatoms. The van der Waals surface area contributed by atoms with Crippen LogP contribution in [0.1, 0.15) is 18.5 Å². The number of oxazole rings is 1. The molecule has 1 atom stereocenters. The number of rotatable bonds is 5. The summed E-state index contributed by atoms with van der Waals surface area (Å²) >= 11 is 0. The topological polar surface area (TPSA) is 89.2 Å². The molecule has 0 radical (unpaired) electrons. The zero-order chi connectivity index (χ0) is 16.9. The second-order valence-electron chi connectivity index (χ2n) is 5.40. The average Bonchev–Trinajstić information content (AvgIpc) is 2.91. The molecule has 0 aliphatic rings. The summed E-state index contributed by atoms with van der Waals surface area (Å²) in [4.78, 5) is 27.8. The van der Waals surface area contributed by atoms with Crippen molar-refractivity contribution < 1.29 is 9.21 Å². The SMILES string of the molecule is CC(NC(=O)NCCn1c(=O)oc2ccccc21)c1cccnc1. The van der Waals surface area contributed by atoms with E-state index >= 15 is 0 Å². The van der Waals surface area contributed by atoms with Gasteiger partial charge >= 0.3 is 11.8 Å². The van der Waals surface area contributed by atoms with Gasteiger partial charge in [0.1, 0.15) is 0 Å². The fourth-order valence-electron chi connectivity index (χ4n) is 2.47. The summed E-state index contributed by atoms with van der Waals surface area (Å²) in [6.07, 6.45) is 3.39. The van der Waals surface area contributed by atoms with Gasteiger partial charge in [0.05, 0.1) is 11.6 Å². The van der Waals surface area contributed by atoms with E-state index in [1.54, 1.807) is 24.5 Å². The Balaban J connectivity index is 1.55. The Bertz CT molecular complexity index is 885. The molecule has 7 nitrogen and oxygen atoms in total. The predicted octanol–water partition coefficient (Wildman–Crippen LogP) is 2.05. The molecule has 0 fully saturated rings. The number of fused-ring (bicyclic) bond motifs is 1. The monoisotopic (exact) mass is 326 g/mol. The molecule has 3 aromatic rings. The van der Waals surface area contributed by atoms with E-state index in [0.717, 1.165) is 5.56 Å². The Morgan fingerprint density at radius 1 is 1.29 bits per heavy atom. The van der Waals surface area contributed by atoms with Crippen molar-refractivity contribution in [2.24, 2.45) is 0 Å². The zero-order valence-electron chi connectivity index (χ0n) is 13.2. The molecule has 3 rings (SSSR count). The quantitative estimate of drug-likeness (QED) is 0.751. The van der Waals surface area contributed by atoms with Crippen molar-refractivity contribution in [2.45, 2.75) is 19.5 Å². The summed E-state index contributed by atoms with van der Waals surface area (Å²) in [6.45, 7) is 2.53. The number of para-hydroxylation sites is 2. The van der Waals surface area contributed by atoms with Gasteiger partial charge in [-0.15, -0.1) is 0 Å². The summed E-state index contributed by atoms with van der Waals surface area (Å²) in [5, 5.41) is 5.57. The molecule has 24 heavy (non-hydrogen) atoms. The molecule has 124 valence electrons. The third-order valence-electron chi connectivity index (χ3n) is 3.73. The highest BCUT2D eigenvalue weighted by atomic mass is 16.4. The van der Waals surface area contributed by atoms with Crippen molar-refractivity contribution in [2.75, 3.05) is 6.54 Å². The van der Waals surface area contributed by atoms with Crippen LogP contribution in [0.3, 0.4) is 0 Å². The normalized spacial score (nSPS) is 12.0. The van der Waals surface area contributed by atoms with Crippen LogP contribution in [0.25, 0.3) is 11.1 Å². The smallest absolute Gasteiger partial charge is 0.408 e. The van der Waals surface area contributed by atoms with Crippen LogP contribution in [0.5, 0.6) is 0 Å². The number of aromatic nitrogens is 2. The van der Waals surface area contributed by atoms with Crippen LogP contribution in [-0.2, 0) is 6.54 Å². The molecular formula is C17H18N4O3. The predicted molar refractivity (Wildman–Crippen MR) is 89.7 cm³/mol. The van der Waals surface area contributed by atoms with Crippen molar-refractivity contribution in [3.8, 4) is 0 Å². The first-order valence-corrected chi connectivity index (χ1v) is 7.68. The van der Waals surface area contributed by atoms with E-state index in [0.29, 0.717) is 24.2 Å². The third-order valence-corrected chi connectivity index (χ3v) is 3.73. The van der Waals surface area contributed by atoms with E-state index in [4.69, 9.17) is 4.42 Å². The van der Waals surface area contributed by atoms with Crippen LogP contribution in [-0.4, -0.2) is 22.1 Å². The van der Waals surface area contributed by atoms with Crippen LogP contribution in [0.15, 0.2) is 58.0 Å². The minimum absolute atomic E-state index is 0.156. The molecule has 2 aromatic heterocycles. The first kappa shape index (κ1) is 15.8. The lowest BCUT2D eigenvalue weighted by molar-refractivity contribution is 0.237. The summed E-state index contributed by atoms with van der Waals surface area (Å²) in [6, 6.07) is 10.5. The number of nitrogens with one attached hydrogen (secondary N) is 2. The Morgan fingerprint density at radius 3 is 2.92 bits per heavy atom. The summed E-state index contributed by atoms with van der Waals surface area (Å²) in [5.74, 6) is -0.429. The maximum Gasteiger partial charge on any atom is 0.420 e. The van der Waals surface area contributed by atoms with E-state index in [2.05, 4.69) is 15.6 Å².